The molecular weight excluding hydrogens is 172 g/mol. The fourth-order valence-electron chi connectivity index (χ4n) is 1.10. The van der Waals surface area contributed by atoms with E-state index in [1.807, 2.05) is 0 Å². The van der Waals surface area contributed by atoms with Crippen molar-refractivity contribution in [2.24, 2.45) is 5.41 Å². The summed E-state index contributed by atoms with van der Waals surface area (Å²) in [7, 11) is 0. The van der Waals surface area contributed by atoms with Gasteiger partial charge in [-0.1, -0.05) is 20.4 Å². The van der Waals surface area contributed by atoms with E-state index in [0.717, 1.165) is 6.08 Å². The predicted molar refractivity (Wildman–Crippen MR) is 44.8 cm³/mol. The first kappa shape index (κ1) is 9.77. The third-order valence-electron chi connectivity index (χ3n) is 1.91. The first-order valence-corrected chi connectivity index (χ1v) is 3.97. The van der Waals surface area contributed by atoms with E-state index in [-0.39, 0.29) is 6.61 Å². The molecule has 0 unspecified atom stereocenters. The zero-order valence-electron chi connectivity index (χ0n) is 7.70. The number of carbonyl (C=O) groups is 2. The van der Waals surface area contributed by atoms with Crippen LogP contribution in [0.25, 0.3) is 0 Å². The van der Waals surface area contributed by atoms with Gasteiger partial charge in [-0.25, -0.2) is 9.59 Å². The number of rotatable bonds is 2. The monoisotopic (exact) mass is 184 g/mol. The molecule has 1 heterocycles. The van der Waals surface area contributed by atoms with Gasteiger partial charge in [-0.3, -0.25) is 0 Å². The number of ether oxygens (including phenoxy) is 2. The van der Waals surface area contributed by atoms with Crippen molar-refractivity contribution in [2.45, 2.75) is 20.0 Å². The molecule has 4 heteroatoms. The summed E-state index contributed by atoms with van der Waals surface area (Å²) < 4.78 is 9.63. The van der Waals surface area contributed by atoms with Gasteiger partial charge in [0.25, 0.3) is 0 Å². The third-order valence-corrected chi connectivity index (χ3v) is 1.91. The molecule has 1 rings (SSSR count). The topological polar surface area (TPSA) is 52.6 Å². The average Bonchev–Trinajstić information content (AvgIpc) is 2.31. The maximum atomic E-state index is 11.1. The van der Waals surface area contributed by atoms with Crippen molar-refractivity contribution in [1.29, 1.82) is 0 Å². The van der Waals surface area contributed by atoms with E-state index in [1.54, 1.807) is 13.8 Å². The van der Waals surface area contributed by atoms with E-state index in [1.165, 1.54) is 0 Å². The zero-order valence-corrected chi connectivity index (χ0v) is 7.70. The van der Waals surface area contributed by atoms with E-state index in [2.05, 4.69) is 6.58 Å². The maximum Gasteiger partial charge on any atom is 0.348 e. The van der Waals surface area contributed by atoms with E-state index in [9.17, 15) is 9.59 Å². The van der Waals surface area contributed by atoms with Gasteiger partial charge in [-0.15, -0.1) is 0 Å². The summed E-state index contributed by atoms with van der Waals surface area (Å²) in [5.74, 6) is -1.09. The fourth-order valence-corrected chi connectivity index (χ4v) is 1.10. The molecule has 0 aromatic carbocycles. The summed E-state index contributed by atoms with van der Waals surface area (Å²) in [5.41, 5.74) is -0.449. The van der Waals surface area contributed by atoms with Gasteiger partial charge in [0.05, 0.1) is 0 Å². The van der Waals surface area contributed by atoms with Crippen LogP contribution in [0.4, 0.5) is 0 Å². The highest BCUT2D eigenvalue weighted by molar-refractivity contribution is 5.86. The molecular formula is C9H12O4. The fraction of sp³-hybridized carbons (Fsp3) is 0.556. The number of cyclic esters (lactones) is 1. The highest BCUT2D eigenvalue weighted by Gasteiger charge is 2.46. The second kappa shape index (κ2) is 3.20. The molecule has 0 aromatic heterocycles. The van der Waals surface area contributed by atoms with Crippen LogP contribution < -0.4 is 0 Å². The van der Waals surface area contributed by atoms with E-state index in [0.29, 0.717) is 0 Å². The Morgan fingerprint density at radius 2 is 2.38 bits per heavy atom. The van der Waals surface area contributed by atoms with Gasteiger partial charge in [-0.2, -0.15) is 0 Å². The van der Waals surface area contributed by atoms with Gasteiger partial charge >= 0.3 is 11.9 Å². The Kier molecular flexibility index (Phi) is 2.40. The van der Waals surface area contributed by atoms with Crippen LogP contribution in [-0.4, -0.2) is 24.6 Å². The molecule has 0 bridgehead atoms. The van der Waals surface area contributed by atoms with Gasteiger partial charge < -0.3 is 9.47 Å². The summed E-state index contributed by atoms with van der Waals surface area (Å²) in [4.78, 5) is 22.0. The molecule has 13 heavy (non-hydrogen) atoms. The van der Waals surface area contributed by atoms with Crippen LogP contribution >= 0.6 is 0 Å². The lowest BCUT2D eigenvalue weighted by Crippen LogP contribution is -2.34. The first-order valence-electron chi connectivity index (χ1n) is 3.97. The molecule has 1 fully saturated rings. The Morgan fingerprint density at radius 3 is 2.77 bits per heavy atom. The minimum atomic E-state index is -0.807. The summed E-state index contributed by atoms with van der Waals surface area (Å²) in [6.07, 6.45) is 0.222. The van der Waals surface area contributed by atoms with Crippen LogP contribution in [0.1, 0.15) is 13.8 Å². The molecule has 0 aromatic rings. The first-order chi connectivity index (χ1) is 5.97. The summed E-state index contributed by atoms with van der Waals surface area (Å²) in [6.45, 7) is 7.14. The predicted octanol–water partition coefficient (Wildman–Crippen LogP) is 0.667. The van der Waals surface area contributed by atoms with Crippen LogP contribution in [0.5, 0.6) is 0 Å². The average molecular weight is 184 g/mol. The lowest BCUT2D eigenvalue weighted by atomic mass is 9.90. The molecule has 1 atom stereocenters. The van der Waals surface area contributed by atoms with Crippen LogP contribution in [0.3, 0.4) is 0 Å². The van der Waals surface area contributed by atoms with Gasteiger partial charge in [-0.05, 0) is 0 Å². The van der Waals surface area contributed by atoms with Crippen molar-refractivity contribution < 1.29 is 19.1 Å². The number of hydrogen-bond acceptors (Lipinski definition) is 4. The van der Waals surface area contributed by atoms with E-state index < -0.39 is 23.5 Å². The zero-order chi connectivity index (χ0) is 10.1. The van der Waals surface area contributed by atoms with Gasteiger partial charge in [0.1, 0.15) is 6.61 Å². The Morgan fingerprint density at radius 1 is 1.77 bits per heavy atom. The van der Waals surface area contributed by atoms with Crippen molar-refractivity contribution >= 4 is 11.9 Å². The number of carbonyl (C=O) groups excluding carboxylic acids is 2. The molecule has 1 aliphatic heterocycles. The van der Waals surface area contributed by atoms with Gasteiger partial charge in [0, 0.05) is 11.5 Å². The van der Waals surface area contributed by atoms with Crippen molar-refractivity contribution in [3.8, 4) is 0 Å². The molecule has 72 valence electrons. The molecule has 0 radical (unpaired) electrons. The molecule has 0 amide bonds. The highest BCUT2D eigenvalue weighted by atomic mass is 16.6. The normalized spacial score (nSPS) is 25.1. The smallest absolute Gasteiger partial charge is 0.348 e. The second-order valence-electron chi connectivity index (χ2n) is 3.62. The minimum absolute atomic E-state index is 0.279. The van der Waals surface area contributed by atoms with Gasteiger partial charge in [0.2, 0.25) is 6.10 Å². The third kappa shape index (κ3) is 1.88. The standard InChI is InChI=1S/C9H12O4/c1-4-6(10)13-7-8(11)12-5-9(7,2)3/h4,7H,1,5H2,2-3H3/t7-/m0/s1. The van der Waals surface area contributed by atoms with Crippen LogP contribution in [0.15, 0.2) is 12.7 Å². The van der Waals surface area contributed by atoms with Crippen molar-refractivity contribution in [1.82, 2.24) is 0 Å². The lowest BCUT2D eigenvalue weighted by Gasteiger charge is -2.20. The summed E-state index contributed by atoms with van der Waals surface area (Å²) in [6, 6.07) is 0. The highest BCUT2D eigenvalue weighted by Crippen LogP contribution is 2.30. The largest absolute Gasteiger partial charge is 0.462 e. The Labute approximate surface area is 76.5 Å². The molecule has 1 aliphatic rings. The summed E-state index contributed by atoms with van der Waals surface area (Å²) >= 11 is 0. The molecule has 0 aliphatic carbocycles. The Balaban J connectivity index is 2.71. The minimum Gasteiger partial charge on any atom is -0.462 e. The van der Waals surface area contributed by atoms with Crippen molar-refractivity contribution in [2.75, 3.05) is 6.61 Å². The molecule has 0 N–H and O–H groups in total. The van der Waals surface area contributed by atoms with Crippen LogP contribution in [-0.2, 0) is 19.1 Å². The quantitative estimate of drug-likeness (QED) is 0.467. The number of esters is 2. The Hall–Kier alpha value is -1.32. The maximum absolute atomic E-state index is 11.1. The lowest BCUT2D eigenvalue weighted by molar-refractivity contribution is -0.159. The summed E-state index contributed by atoms with van der Waals surface area (Å²) in [5, 5.41) is 0. The van der Waals surface area contributed by atoms with Crippen molar-refractivity contribution in [3.63, 3.8) is 0 Å². The molecule has 1 saturated heterocycles. The van der Waals surface area contributed by atoms with Gasteiger partial charge in [0.15, 0.2) is 0 Å². The molecule has 0 saturated carbocycles. The molecule has 0 spiro atoms. The van der Waals surface area contributed by atoms with E-state index in [4.69, 9.17) is 9.47 Å². The van der Waals surface area contributed by atoms with E-state index >= 15 is 0 Å². The molecule has 4 nitrogen and oxygen atoms in total. The SMILES string of the molecule is C=CC(=O)O[C@H]1C(=O)OCC1(C)C. The van der Waals surface area contributed by atoms with Crippen molar-refractivity contribution in [3.05, 3.63) is 12.7 Å². The second-order valence-corrected chi connectivity index (χ2v) is 3.62. The van der Waals surface area contributed by atoms with Crippen LogP contribution in [0, 0.1) is 5.41 Å². The Bertz CT molecular complexity index is 254. The number of hydrogen-bond donors (Lipinski definition) is 0. The van der Waals surface area contributed by atoms with Crippen LogP contribution in [0.2, 0.25) is 0 Å².